The lowest BCUT2D eigenvalue weighted by atomic mass is 9.95. The summed E-state index contributed by atoms with van der Waals surface area (Å²) in [7, 11) is 1.31. The Morgan fingerprint density at radius 2 is 1.65 bits per heavy atom. The van der Waals surface area contributed by atoms with E-state index in [1.807, 2.05) is 32.0 Å². The van der Waals surface area contributed by atoms with Gasteiger partial charge in [0.15, 0.2) is 6.04 Å². The number of carbonyl (C=O) groups excluding carboxylic acids is 2. The van der Waals surface area contributed by atoms with Crippen molar-refractivity contribution in [2.24, 2.45) is 0 Å². The van der Waals surface area contributed by atoms with E-state index in [1.54, 1.807) is 18.2 Å². The number of hydrogen-bond donors (Lipinski definition) is 1. The van der Waals surface area contributed by atoms with Gasteiger partial charge in [-0.05, 0) is 35.2 Å². The predicted octanol–water partition coefficient (Wildman–Crippen LogP) is 5.48. The molecule has 0 bridgehead atoms. The quantitative estimate of drug-likeness (QED) is 0.641. The fourth-order valence-corrected chi connectivity index (χ4v) is 3.35. The van der Waals surface area contributed by atoms with Gasteiger partial charge < -0.3 is 10.1 Å². The number of thiophene rings is 1. The van der Waals surface area contributed by atoms with Crippen molar-refractivity contribution in [2.75, 3.05) is 7.11 Å². The first-order valence-electron chi connectivity index (χ1n) is 8.47. The Balaban J connectivity index is 0.00000163. The molecule has 1 amide bonds. The van der Waals surface area contributed by atoms with Crippen LogP contribution in [0.4, 0.5) is 0 Å². The van der Waals surface area contributed by atoms with E-state index in [4.69, 9.17) is 4.74 Å². The van der Waals surface area contributed by atoms with Gasteiger partial charge >= 0.3 is 5.97 Å². The number of amides is 1. The molecule has 142 valence electrons. The average molecular weight is 440 g/mol. The minimum atomic E-state index is -0.837. The van der Waals surface area contributed by atoms with Gasteiger partial charge in [-0.3, -0.25) is 4.79 Å². The minimum absolute atomic E-state index is 0.0172. The highest BCUT2D eigenvalue weighted by atomic mass is 79.9. The first-order valence-corrected chi connectivity index (χ1v) is 10.1. The predicted molar refractivity (Wildman–Crippen MR) is 111 cm³/mol. The molecule has 2 aromatic rings. The highest BCUT2D eigenvalue weighted by molar-refractivity contribution is 9.10. The number of halogens is 1. The zero-order valence-electron chi connectivity index (χ0n) is 16.1. The third-order valence-electron chi connectivity index (χ3n) is 3.48. The Hall–Kier alpha value is -1.66. The van der Waals surface area contributed by atoms with Gasteiger partial charge in [-0.25, -0.2) is 4.79 Å². The summed E-state index contributed by atoms with van der Waals surface area (Å²) in [6.07, 6.45) is 0. The van der Waals surface area contributed by atoms with Gasteiger partial charge in [0, 0.05) is 9.35 Å². The Bertz CT molecular complexity index is 732. The molecular weight excluding hydrogens is 414 g/mol. The summed E-state index contributed by atoms with van der Waals surface area (Å²) in [6.45, 7) is 10.3. The third-order valence-corrected chi connectivity index (χ3v) is 5.52. The summed E-state index contributed by atoms with van der Waals surface area (Å²) >= 11 is 4.79. The monoisotopic (exact) mass is 439 g/mol. The van der Waals surface area contributed by atoms with Gasteiger partial charge in [-0.2, -0.15) is 0 Å². The normalized spacial score (nSPS) is 11.8. The molecule has 2 rings (SSSR count). The molecule has 0 saturated heterocycles. The van der Waals surface area contributed by atoms with E-state index in [2.05, 4.69) is 42.0 Å². The smallest absolute Gasteiger partial charge is 0.333 e. The highest BCUT2D eigenvalue weighted by Crippen LogP contribution is 2.30. The second-order valence-corrected chi connectivity index (χ2v) is 8.39. The summed E-state index contributed by atoms with van der Waals surface area (Å²) in [5.74, 6) is -0.785. The molecule has 1 heterocycles. The number of hydrogen-bond acceptors (Lipinski definition) is 4. The Labute approximate surface area is 168 Å². The molecule has 1 unspecified atom stereocenters. The van der Waals surface area contributed by atoms with Gasteiger partial charge in [-0.15, -0.1) is 11.3 Å². The molecule has 1 aromatic heterocycles. The second kappa shape index (κ2) is 9.88. The van der Waals surface area contributed by atoms with Crippen molar-refractivity contribution >= 4 is 39.1 Å². The van der Waals surface area contributed by atoms with E-state index in [9.17, 15) is 9.59 Å². The first-order chi connectivity index (χ1) is 12.2. The molecule has 0 aliphatic rings. The number of ether oxygens (including phenoxy) is 1. The number of esters is 1. The SMILES string of the molecule is CC.COC(=O)C(NC(=O)c1ccc(C(C)(C)C)s1)c1ccc(Br)cc1. The molecule has 0 aliphatic carbocycles. The molecule has 1 atom stereocenters. The summed E-state index contributed by atoms with van der Waals surface area (Å²) in [5.41, 5.74) is 0.655. The van der Waals surface area contributed by atoms with E-state index in [0.717, 1.165) is 9.35 Å². The molecule has 0 radical (unpaired) electrons. The largest absolute Gasteiger partial charge is 0.467 e. The molecule has 0 fully saturated rings. The van der Waals surface area contributed by atoms with Crippen molar-refractivity contribution in [2.45, 2.75) is 46.1 Å². The van der Waals surface area contributed by atoms with Gasteiger partial charge in [0.25, 0.3) is 5.91 Å². The topological polar surface area (TPSA) is 55.4 Å². The van der Waals surface area contributed by atoms with E-state index in [-0.39, 0.29) is 11.3 Å². The number of methoxy groups -OCH3 is 1. The van der Waals surface area contributed by atoms with Crippen LogP contribution in [0.5, 0.6) is 0 Å². The Morgan fingerprint density at radius 3 is 2.12 bits per heavy atom. The van der Waals surface area contributed by atoms with Crippen LogP contribution in [0.25, 0.3) is 0 Å². The summed E-state index contributed by atoms with van der Waals surface area (Å²) in [6, 6.07) is 10.1. The molecule has 0 aliphatic heterocycles. The lowest BCUT2D eigenvalue weighted by Crippen LogP contribution is -2.34. The van der Waals surface area contributed by atoms with Crippen molar-refractivity contribution in [1.82, 2.24) is 5.32 Å². The van der Waals surface area contributed by atoms with Crippen LogP contribution >= 0.6 is 27.3 Å². The van der Waals surface area contributed by atoms with Crippen LogP contribution in [0.1, 0.15) is 60.8 Å². The molecule has 26 heavy (non-hydrogen) atoms. The second-order valence-electron chi connectivity index (χ2n) is 6.40. The number of carbonyl (C=O) groups is 2. The van der Waals surface area contributed by atoms with Crippen LogP contribution in [0.2, 0.25) is 0 Å². The summed E-state index contributed by atoms with van der Waals surface area (Å²) in [4.78, 5) is 26.3. The fourth-order valence-electron chi connectivity index (χ4n) is 2.12. The number of nitrogens with one attached hydrogen (secondary N) is 1. The van der Waals surface area contributed by atoms with E-state index >= 15 is 0 Å². The number of benzene rings is 1. The van der Waals surface area contributed by atoms with Gasteiger partial charge in [0.2, 0.25) is 0 Å². The lowest BCUT2D eigenvalue weighted by molar-refractivity contribution is -0.143. The van der Waals surface area contributed by atoms with E-state index < -0.39 is 12.0 Å². The molecule has 0 saturated carbocycles. The summed E-state index contributed by atoms with van der Waals surface area (Å²) < 4.78 is 5.73. The molecule has 0 spiro atoms. The minimum Gasteiger partial charge on any atom is -0.467 e. The maximum absolute atomic E-state index is 12.5. The van der Waals surface area contributed by atoms with Gasteiger partial charge in [0.05, 0.1) is 12.0 Å². The van der Waals surface area contributed by atoms with Crippen molar-refractivity contribution in [3.05, 3.63) is 56.2 Å². The van der Waals surface area contributed by atoms with Crippen molar-refractivity contribution in [1.29, 1.82) is 0 Å². The maximum atomic E-state index is 12.5. The number of rotatable bonds is 4. The molecule has 1 N–H and O–H groups in total. The summed E-state index contributed by atoms with van der Waals surface area (Å²) in [5, 5.41) is 2.77. The zero-order valence-corrected chi connectivity index (χ0v) is 18.5. The van der Waals surface area contributed by atoms with Gasteiger partial charge in [-0.1, -0.05) is 62.7 Å². The van der Waals surface area contributed by atoms with Crippen molar-refractivity contribution in [3.8, 4) is 0 Å². The Morgan fingerprint density at radius 1 is 1.08 bits per heavy atom. The van der Waals surface area contributed by atoms with E-state index in [0.29, 0.717) is 10.4 Å². The molecule has 1 aromatic carbocycles. The molecule has 6 heteroatoms. The van der Waals surface area contributed by atoms with Crippen LogP contribution in [0, 0.1) is 0 Å². The Kier molecular flexibility index (Phi) is 8.50. The first kappa shape index (κ1) is 22.4. The average Bonchev–Trinajstić information content (AvgIpc) is 3.12. The van der Waals surface area contributed by atoms with Gasteiger partial charge in [0.1, 0.15) is 0 Å². The fraction of sp³-hybridized carbons (Fsp3) is 0.400. The lowest BCUT2D eigenvalue weighted by Gasteiger charge is -2.17. The van der Waals surface area contributed by atoms with Crippen LogP contribution in [0.3, 0.4) is 0 Å². The van der Waals surface area contributed by atoms with Crippen LogP contribution in [-0.4, -0.2) is 19.0 Å². The van der Waals surface area contributed by atoms with E-state index in [1.165, 1.54) is 18.4 Å². The molecular formula is C20H26BrNO3S. The van der Waals surface area contributed by atoms with Crippen molar-refractivity contribution < 1.29 is 14.3 Å². The molecule has 4 nitrogen and oxygen atoms in total. The zero-order chi connectivity index (χ0) is 19.9. The van der Waals surface area contributed by atoms with Crippen molar-refractivity contribution in [3.63, 3.8) is 0 Å². The van der Waals surface area contributed by atoms with Crippen LogP contribution in [0.15, 0.2) is 40.9 Å². The third kappa shape index (κ3) is 5.95. The van der Waals surface area contributed by atoms with Crippen LogP contribution in [-0.2, 0) is 14.9 Å². The maximum Gasteiger partial charge on any atom is 0.333 e. The van der Waals surface area contributed by atoms with Crippen LogP contribution < -0.4 is 5.32 Å². The highest BCUT2D eigenvalue weighted by Gasteiger charge is 2.25. The standard InChI is InChI=1S/C18H20BrNO3S.C2H6/c1-18(2,3)14-10-9-13(24-14)16(21)20-15(17(22)23-4)11-5-7-12(19)8-6-11;1-2/h5-10,15H,1-4H3,(H,20,21);1-2H3.